The zero-order valence-electron chi connectivity index (χ0n) is 18.5. The average molecular weight is 514 g/mol. The van der Waals surface area contributed by atoms with Gasteiger partial charge in [-0.15, -0.1) is 0 Å². The molecule has 5 heteroatoms. The number of aromatic nitrogens is 3. The second kappa shape index (κ2) is 7.90. The summed E-state index contributed by atoms with van der Waals surface area (Å²) in [5.74, 6) is 1.97. The Morgan fingerprint density at radius 3 is 2.63 bits per heavy atom. The van der Waals surface area contributed by atoms with Gasteiger partial charge in [0.05, 0.1) is 0 Å². The van der Waals surface area contributed by atoms with Crippen molar-refractivity contribution in [3.63, 3.8) is 0 Å². The fourth-order valence-corrected chi connectivity index (χ4v) is 7.26. The number of benzene rings is 1. The van der Waals surface area contributed by atoms with Gasteiger partial charge in [0.15, 0.2) is 0 Å². The summed E-state index contributed by atoms with van der Waals surface area (Å²) in [6, 6.07) is 6.96. The summed E-state index contributed by atoms with van der Waals surface area (Å²) in [5, 5.41) is 1.40. The molecule has 0 saturated carbocycles. The van der Waals surface area contributed by atoms with E-state index in [2.05, 4.69) is 67.4 Å². The summed E-state index contributed by atoms with van der Waals surface area (Å²) in [4.78, 5) is 12.1. The third kappa shape index (κ3) is 3.48. The molecule has 0 bridgehead atoms. The standard InChI is InChI=1S/C25H31IN4/c1-15-12-30(13-15)14-21-17(3)28-23-7-6-19(10-20(23)25(21)22-8-9-26-22)16(2)24-11-27-18(4)29(24)5/h6-7,10-11,15-16,22H,1,8-9,12-14H2,2-5H3/q-2. The Morgan fingerprint density at radius 1 is 1.27 bits per heavy atom. The van der Waals surface area contributed by atoms with Crippen molar-refractivity contribution in [1.82, 2.24) is 19.4 Å². The number of aryl methyl sites for hydroxylation is 2. The Labute approximate surface area is 190 Å². The van der Waals surface area contributed by atoms with Crippen molar-refractivity contribution in [2.24, 2.45) is 13.0 Å². The third-order valence-electron chi connectivity index (χ3n) is 6.95. The summed E-state index contributed by atoms with van der Waals surface area (Å²) in [7, 11) is 2.12. The molecule has 2 aliphatic heterocycles. The van der Waals surface area contributed by atoms with Crippen molar-refractivity contribution in [1.29, 1.82) is 0 Å². The number of nitrogens with zero attached hydrogens (tertiary/aromatic N) is 4. The molecule has 2 aromatic heterocycles. The van der Waals surface area contributed by atoms with E-state index in [9.17, 15) is 0 Å². The maximum atomic E-state index is 5.05. The van der Waals surface area contributed by atoms with Crippen LogP contribution in [-0.4, -0.2) is 37.0 Å². The predicted octanol–water partition coefficient (Wildman–Crippen LogP) is 1.54. The van der Waals surface area contributed by atoms with E-state index in [0.717, 1.165) is 34.9 Å². The zero-order valence-corrected chi connectivity index (χ0v) is 20.6. The van der Waals surface area contributed by atoms with Crippen LogP contribution in [0.3, 0.4) is 0 Å². The molecular formula is C25H31IN4-2. The molecule has 4 heterocycles. The number of likely N-dealkylation sites (tertiary alicyclic amines) is 1. The first-order chi connectivity index (χ1) is 14.4. The molecule has 30 heavy (non-hydrogen) atoms. The number of imidazole rings is 1. The minimum atomic E-state index is 0.276. The molecule has 2 saturated heterocycles. The second-order valence-corrected chi connectivity index (χ2v) is 12.5. The van der Waals surface area contributed by atoms with Crippen LogP contribution in [0.15, 0.2) is 24.4 Å². The van der Waals surface area contributed by atoms with E-state index in [1.54, 1.807) is 5.56 Å². The summed E-state index contributed by atoms with van der Waals surface area (Å²) >= 11 is 0.276. The molecule has 3 aromatic rings. The molecule has 2 unspecified atom stereocenters. The molecule has 0 spiro atoms. The van der Waals surface area contributed by atoms with Crippen LogP contribution >= 0.6 is 0 Å². The molecule has 0 radical (unpaired) electrons. The van der Waals surface area contributed by atoms with E-state index < -0.39 is 0 Å². The first-order valence-electron chi connectivity index (χ1n) is 11.0. The molecule has 0 N–H and O–H groups in total. The van der Waals surface area contributed by atoms with E-state index in [1.165, 1.54) is 38.7 Å². The van der Waals surface area contributed by atoms with Crippen LogP contribution in [0.2, 0.25) is 0 Å². The summed E-state index contributed by atoms with van der Waals surface area (Å²) in [6.07, 6.45) is 3.39. The van der Waals surface area contributed by atoms with E-state index in [4.69, 9.17) is 4.98 Å². The first kappa shape index (κ1) is 20.4. The zero-order chi connectivity index (χ0) is 21.0. The van der Waals surface area contributed by atoms with Gasteiger partial charge in [-0.1, -0.05) is 0 Å². The number of hydrogen-bond acceptors (Lipinski definition) is 3. The van der Waals surface area contributed by atoms with Gasteiger partial charge in [-0.05, 0) is 0 Å². The third-order valence-corrected chi connectivity index (χ3v) is 10.5. The van der Waals surface area contributed by atoms with Gasteiger partial charge < -0.3 is 0 Å². The quantitative estimate of drug-likeness (QED) is 0.295. The average Bonchev–Trinajstić information content (AvgIpc) is 2.99. The van der Waals surface area contributed by atoms with Crippen molar-refractivity contribution in [2.45, 2.75) is 43.6 Å². The van der Waals surface area contributed by atoms with Crippen molar-refractivity contribution in [3.8, 4) is 0 Å². The van der Waals surface area contributed by atoms with Gasteiger partial charge in [-0.3, -0.25) is 0 Å². The van der Waals surface area contributed by atoms with Crippen molar-refractivity contribution in [3.05, 3.63) is 65.2 Å². The molecule has 2 fully saturated rings. The number of pyridine rings is 1. The van der Waals surface area contributed by atoms with Crippen LogP contribution in [0, 0.1) is 26.7 Å². The van der Waals surface area contributed by atoms with E-state index in [0.29, 0.717) is 11.8 Å². The molecule has 0 amide bonds. The molecular weight excluding hydrogens is 483 g/mol. The molecule has 0 aliphatic carbocycles. The maximum absolute atomic E-state index is 5.05. The van der Waals surface area contributed by atoms with Crippen molar-refractivity contribution < 1.29 is 21.2 Å². The van der Waals surface area contributed by atoms with Crippen LogP contribution < -0.4 is 21.2 Å². The molecule has 5 rings (SSSR count). The van der Waals surface area contributed by atoms with Gasteiger partial charge in [0.2, 0.25) is 0 Å². The van der Waals surface area contributed by atoms with Gasteiger partial charge in [0.1, 0.15) is 0 Å². The molecule has 2 atom stereocenters. The topological polar surface area (TPSA) is 34.0 Å². The Morgan fingerprint density at radius 2 is 2.03 bits per heavy atom. The summed E-state index contributed by atoms with van der Waals surface area (Å²) in [5.41, 5.74) is 8.15. The van der Waals surface area contributed by atoms with E-state index >= 15 is 0 Å². The van der Waals surface area contributed by atoms with Gasteiger partial charge in [0.25, 0.3) is 0 Å². The number of hydrogen-bond donors (Lipinski definition) is 0. The minimum absolute atomic E-state index is 0.276. The predicted molar refractivity (Wildman–Crippen MR) is 118 cm³/mol. The normalized spacial score (nSPS) is 21.2. The number of alkyl halides is 2. The SMILES string of the molecule is [CH2-]C1CN(Cc2c(C)nc3ccc(C(C)c4cnc(C)n4C)cc3c2C2CC[I-]2)C1. The second-order valence-electron chi connectivity index (χ2n) is 9.04. The molecule has 160 valence electrons. The van der Waals surface area contributed by atoms with Crippen LogP contribution in [-0.2, 0) is 13.6 Å². The molecule has 4 nitrogen and oxygen atoms in total. The van der Waals surface area contributed by atoms with Crippen molar-refractivity contribution >= 4 is 10.9 Å². The number of fused-ring (bicyclic) bond motifs is 1. The number of halogens is 1. The van der Waals surface area contributed by atoms with E-state index in [-0.39, 0.29) is 21.2 Å². The van der Waals surface area contributed by atoms with Crippen LogP contribution in [0.5, 0.6) is 0 Å². The number of rotatable bonds is 5. The van der Waals surface area contributed by atoms with Gasteiger partial charge in [-0.25, -0.2) is 0 Å². The Balaban J connectivity index is 1.60. The van der Waals surface area contributed by atoms with Crippen molar-refractivity contribution in [2.75, 3.05) is 17.5 Å². The van der Waals surface area contributed by atoms with Crippen LogP contribution in [0.4, 0.5) is 0 Å². The first-order valence-corrected chi connectivity index (χ1v) is 13.7. The molecule has 2 aliphatic rings. The molecule has 1 aromatic carbocycles. The Hall–Kier alpha value is -1.47. The summed E-state index contributed by atoms with van der Waals surface area (Å²) < 4.78 is 4.47. The Kier molecular flexibility index (Phi) is 5.38. The summed E-state index contributed by atoms with van der Waals surface area (Å²) in [6.45, 7) is 14.1. The van der Waals surface area contributed by atoms with Crippen LogP contribution in [0.1, 0.15) is 57.1 Å². The van der Waals surface area contributed by atoms with Crippen LogP contribution in [0.25, 0.3) is 10.9 Å². The Bertz CT molecular complexity index is 1090. The fourth-order valence-electron chi connectivity index (χ4n) is 4.86. The van der Waals surface area contributed by atoms with E-state index in [1.807, 2.05) is 6.20 Å². The fraction of sp³-hybridized carbons (Fsp3) is 0.480. The van der Waals surface area contributed by atoms with Gasteiger partial charge >= 0.3 is 191 Å². The van der Waals surface area contributed by atoms with Gasteiger partial charge in [-0.2, -0.15) is 0 Å². The monoisotopic (exact) mass is 514 g/mol. The van der Waals surface area contributed by atoms with Gasteiger partial charge in [0, 0.05) is 0 Å².